The van der Waals surface area contributed by atoms with Crippen molar-refractivity contribution in [3.05, 3.63) is 30.2 Å². The van der Waals surface area contributed by atoms with Gasteiger partial charge in [-0.25, -0.2) is 0 Å². The van der Waals surface area contributed by atoms with E-state index in [9.17, 15) is 0 Å². The Morgan fingerprint density at radius 3 is 2.91 bits per heavy atom. The van der Waals surface area contributed by atoms with Crippen molar-refractivity contribution < 1.29 is 9.52 Å². The smallest absolute Gasteiger partial charge is 0.0977 e. The third-order valence-electron chi connectivity index (χ3n) is 1.47. The van der Waals surface area contributed by atoms with E-state index < -0.39 is 6.10 Å². The predicted molar refractivity (Wildman–Crippen MR) is 44.0 cm³/mol. The Bertz CT molecular complexity index is 232. The first-order valence-electron chi connectivity index (χ1n) is 3.59. The molecule has 0 aliphatic carbocycles. The fourth-order valence-electron chi connectivity index (χ4n) is 0.947. The molecule has 0 fully saturated rings. The molecule has 1 aromatic rings. The molecular weight excluding hydrogens is 140 g/mol. The van der Waals surface area contributed by atoms with Gasteiger partial charge >= 0.3 is 0 Å². The number of allylic oxidation sites excluding steroid dienone is 1. The standard InChI is InChI=1S/C9H12O2/c1-7(5-8(2)10)9-3-4-11-6-9/h3-6,8,10H,1-2H3/b7-5-. The summed E-state index contributed by atoms with van der Waals surface area (Å²) in [5, 5.41) is 9.01. The van der Waals surface area contributed by atoms with Gasteiger partial charge in [0.1, 0.15) is 0 Å². The SMILES string of the molecule is C/C(=C/C(C)O)c1ccoc1. The molecule has 0 aliphatic rings. The number of hydrogen-bond acceptors (Lipinski definition) is 2. The second kappa shape index (κ2) is 3.39. The van der Waals surface area contributed by atoms with Gasteiger partial charge in [0, 0.05) is 5.56 Å². The third-order valence-corrected chi connectivity index (χ3v) is 1.47. The molecule has 0 saturated heterocycles. The molecule has 0 aromatic carbocycles. The normalized spacial score (nSPS) is 15.0. The minimum absolute atomic E-state index is 0.398. The zero-order chi connectivity index (χ0) is 8.27. The highest BCUT2D eigenvalue weighted by atomic mass is 16.3. The van der Waals surface area contributed by atoms with Gasteiger partial charge in [0.2, 0.25) is 0 Å². The minimum atomic E-state index is -0.398. The van der Waals surface area contributed by atoms with Gasteiger partial charge in [-0.15, -0.1) is 0 Å². The van der Waals surface area contributed by atoms with Gasteiger partial charge < -0.3 is 9.52 Å². The number of aliphatic hydroxyl groups excluding tert-OH is 1. The maximum atomic E-state index is 9.01. The number of furan rings is 1. The molecule has 1 rings (SSSR count). The van der Waals surface area contributed by atoms with E-state index in [0.717, 1.165) is 11.1 Å². The summed E-state index contributed by atoms with van der Waals surface area (Å²) in [6.45, 7) is 3.67. The van der Waals surface area contributed by atoms with Crippen molar-refractivity contribution in [1.29, 1.82) is 0 Å². The van der Waals surface area contributed by atoms with E-state index in [2.05, 4.69) is 0 Å². The molecule has 2 nitrogen and oxygen atoms in total. The van der Waals surface area contributed by atoms with Gasteiger partial charge in [0.15, 0.2) is 0 Å². The second-order valence-electron chi connectivity index (χ2n) is 2.60. The molecule has 0 aliphatic heterocycles. The molecule has 1 N–H and O–H groups in total. The van der Waals surface area contributed by atoms with Crippen molar-refractivity contribution in [2.75, 3.05) is 0 Å². The molecule has 11 heavy (non-hydrogen) atoms. The first-order chi connectivity index (χ1) is 5.20. The van der Waals surface area contributed by atoms with Gasteiger partial charge in [-0.05, 0) is 25.5 Å². The molecule has 0 saturated carbocycles. The first kappa shape index (κ1) is 8.08. The summed E-state index contributed by atoms with van der Waals surface area (Å²) in [7, 11) is 0. The molecule has 0 amide bonds. The van der Waals surface area contributed by atoms with Crippen LogP contribution in [0.5, 0.6) is 0 Å². The zero-order valence-electron chi connectivity index (χ0n) is 6.74. The van der Waals surface area contributed by atoms with Crippen molar-refractivity contribution in [3.8, 4) is 0 Å². The van der Waals surface area contributed by atoms with Gasteiger partial charge in [-0.1, -0.05) is 6.08 Å². The lowest BCUT2D eigenvalue weighted by Crippen LogP contribution is -1.93. The highest BCUT2D eigenvalue weighted by Crippen LogP contribution is 2.13. The van der Waals surface area contributed by atoms with Crippen LogP contribution in [0.4, 0.5) is 0 Å². The molecule has 1 heterocycles. The summed E-state index contributed by atoms with van der Waals surface area (Å²) in [6, 6.07) is 1.87. The van der Waals surface area contributed by atoms with Gasteiger partial charge in [0.25, 0.3) is 0 Å². The van der Waals surface area contributed by atoms with E-state index >= 15 is 0 Å². The van der Waals surface area contributed by atoms with Crippen molar-refractivity contribution in [2.24, 2.45) is 0 Å². The fraction of sp³-hybridized carbons (Fsp3) is 0.333. The Labute approximate surface area is 66.2 Å². The van der Waals surface area contributed by atoms with Crippen LogP contribution in [0, 0.1) is 0 Å². The Morgan fingerprint density at radius 1 is 1.73 bits per heavy atom. The zero-order valence-corrected chi connectivity index (χ0v) is 6.74. The van der Waals surface area contributed by atoms with Crippen LogP contribution in [0.1, 0.15) is 19.4 Å². The van der Waals surface area contributed by atoms with E-state index in [0.29, 0.717) is 0 Å². The molecule has 0 bridgehead atoms. The number of rotatable bonds is 2. The van der Waals surface area contributed by atoms with Gasteiger partial charge in [-0.3, -0.25) is 0 Å². The minimum Gasteiger partial charge on any atom is -0.472 e. The Morgan fingerprint density at radius 2 is 2.45 bits per heavy atom. The quantitative estimate of drug-likeness (QED) is 0.703. The lowest BCUT2D eigenvalue weighted by atomic mass is 10.1. The van der Waals surface area contributed by atoms with Crippen LogP contribution in [0.25, 0.3) is 5.57 Å². The molecule has 1 aromatic heterocycles. The highest BCUT2D eigenvalue weighted by Gasteiger charge is 1.97. The number of hydrogen-bond donors (Lipinski definition) is 1. The topological polar surface area (TPSA) is 33.4 Å². The van der Waals surface area contributed by atoms with Crippen LogP contribution >= 0.6 is 0 Å². The lowest BCUT2D eigenvalue weighted by molar-refractivity contribution is 0.244. The summed E-state index contributed by atoms with van der Waals surface area (Å²) in [5.74, 6) is 0. The molecular formula is C9H12O2. The fourth-order valence-corrected chi connectivity index (χ4v) is 0.947. The largest absolute Gasteiger partial charge is 0.472 e. The average Bonchev–Trinajstić information content (AvgIpc) is 2.35. The number of aliphatic hydroxyl groups is 1. The van der Waals surface area contributed by atoms with E-state index in [1.807, 2.05) is 13.0 Å². The molecule has 0 radical (unpaired) electrons. The second-order valence-corrected chi connectivity index (χ2v) is 2.60. The monoisotopic (exact) mass is 152 g/mol. The average molecular weight is 152 g/mol. The summed E-state index contributed by atoms with van der Waals surface area (Å²) in [4.78, 5) is 0. The maximum absolute atomic E-state index is 9.01. The van der Waals surface area contributed by atoms with Crippen LogP contribution in [0.15, 0.2) is 29.1 Å². The van der Waals surface area contributed by atoms with Crippen molar-refractivity contribution in [1.82, 2.24) is 0 Å². The Hall–Kier alpha value is -1.02. The molecule has 1 atom stereocenters. The van der Waals surface area contributed by atoms with E-state index in [1.165, 1.54) is 0 Å². The summed E-state index contributed by atoms with van der Waals surface area (Å²) < 4.78 is 4.89. The van der Waals surface area contributed by atoms with Crippen molar-refractivity contribution in [3.63, 3.8) is 0 Å². The Balaban J connectivity index is 2.77. The third kappa shape index (κ3) is 2.24. The van der Waals surface area contributed by atoms with Gasteiger partial charge in [0.05, 0.1) is 18.6 Å². The Kier molecular flexibility index (Phi) is 2.49. The van der Waals surface area contributed by atoms with Gasteiger partial charge in [-0.2, -0.15) is 0 Å². The van der Waals surface area contributed by atoms with Crippen molar-refractivity contribution >= 4 is 5.57 Å². The van der Waals surface area contributed by atoms with E-state index in [-0.39, 0.29) is 0 Å². The summed E-state index contributed by atoms with van der Waals surface area (Å²) >= 11 is 0. The molecule has 60 valence electrons. The summed E-state index contributed by atoms with van der Waals surface area (Å²) in [5.41, 5.74) is 2.06. The van der Waals surface area contributed by atoms with E-state index in [4.69, 9.17) is 9.52 Å². The van der Waals surface area contributed by atoms with Crippen LogP contribution in [0.3, 0.4) is 0 Å². The first-order valence-corrected chi connectivity index (χ1v) is 3.59. The van der Waals surface area contributed by atoms with Crippen LogP contribution in [-0.4, -0.2) is 11.2 Å². The van der Waals surface area contributed by atoms with Crippen LogP contribution in [-0.2, 0) is 0 Å². The van der Waals surface area contributed by atoms with Crippen LogP contribution < -0.4 is 0 Å². The molecule has 2 heteroatoms. The van der Waals surface area contributed by atoms with E-state index in [1.54, 1.807) is 25.5 Å². The highest BCUT2D eigenvalue weighted by molar-refractivity contribution is 5.62. The van der Waals surface area contributed by atoms with Crippen LogP contribution in [0.2, 0.25) is 0 Å². The molecule has 1 unspecified atom stereocenters. The maximum Gasteiger partial charge on any atom is 0.0977 e. The lowest BCUT2D eigenvalue weighted by Gasteiger charge is -1.98. The predicted octanol–water partition coefficient (Wildman–Crippen LogP) is 2.06. The molecule has 0 spiro atoms. The summed E-state index contributed by atoms with van der Waals surface area (Å²) in [6.07, 6.45) is 4.67. The van der Waals surface area contributed by atoms with Crippen molar-refractivity contribution in [2.45, 2.75) is 20.0 Å².